The molecule has 0 aromatic heterocycles. The second-order valence-corrected chi connectivity index (χ2v) is 4.98. The van der Waals surface area contributed by atoms with E-state index in [0.29, 0.717) is 12.1 Å². The molecule has 0 spiro atoms. The molecule has 0 N–H and O–H groups in total. The maximum absolute atomic E-state index is 4.45. The first-order chi connectivity index (χ1) is 8.26. The van der Waals surface area contributed by atoms with Gasteiger partial charge in [-0.3, -0.25) is 0 Å². The molecule has 0 amide bonds. The summed E-state index contributed by atoms with van der Waals surface area (Å²) in [6.07, 6.45) is 6.48. The minimum absolute atomic E-state index is 0.308. The van der Waals surface area contributed by atoms with Crippen molar-refractivity contribution in [2.24, 2.45) is 9.98 Å². The van der Waals surface area contributed by atoms with E-state index in [1.54, 1.807) is 0 Å². The Morgan fingerprint density at radius 2 is 1.82 bits per heavy atom. The quantitative estimate of drug-likeness (QED) is 0.652. The third-order valence-electron chi connectivity index (χ3n) is 3.51. The highest BCUT2D eigenvalue weighted by molar-refractivity contribution is 5.42. The molecule has 1 fully saturated rings. The van der Waals surface area contributed by atoms with Crippen LogP contribution >= 0.6 is 0 Å². The monoisotopic (exact) mass is 237 g/mol. The molecule has 3 nitrogen and oxygen atoms in total. The van der Waals surface area contributed by atoms with Gasteiger partial charge in [0.2, 0.25) is 0 Å². The lowest BCUT2D eigenvalue weighted by atomic mass is 9.96. The normalized spacial score (nSPS) is 18.8. The number of rotatable bonds is 6. The lowest BCUT2D eigenvalue weighted by Gasteiger charge is -2.19. The lowest BCUT2D eigenvalue weighted by Crippen LogP contribution is -2.29. The molecular weight excluding hydrogens is 210 g/mol. The molecule has 1 saturated carbocycles. The van der Waals surface area contributed by atoms with Crippen molar-refractivity contribution in [1.82, 2.24) is 4.90 Å². The Hall–Kier alpha value is -0.660. The molecule has 1 unspecified atom stereocenters. The van der Waals surface area contributed by atoms with Crippen LogP contribution in [0.1, 0.15) is 52.9 Å². The molecule has 0 radical (unpaired) electrons. The first-order valence-electron chi connectivity index (χ1n) is 7.13. The van der Waals surface area contributed by atoms with Gasteiger partial charge in [0.05, 0.1) is 18.1 Å². The van der Waals surface area contributed by atoms with E-state index >= 15 is 0 Å². The van der Waals surface area contributed by atoms with Gasteiger partial charge in [-0.2, -0.15) is 0 Å². The summed E-state index contributed by atoms with van der Waals surface area (Å²) >= 11 is 0. The molecule has 0 aromatic rings. The van der Waals surface area contributed by atoms with Crippen molar-refractivity contribution < 1.29 is 0 Å². The zero-order chi connectivity index (χ0) is 12.5. The minimum atomic E-state index is 0.308. The fourth-order valence-corrected chi connectivity index (χ4v) is 2.32. The summed E-state index contributed by atoms with van der Waals surface area (Å²) in [7, 11) is 0. The molecule has 98 valence electrons. The number of nitrogens with zero attached hydrogens (tertiary/aromatic N) is 3. The van der Waals surface area contributed by atoms with Crippen LogP contribution in [-0.4, -0.2) is 42.6 Å². The highest BCUT2D eigenvalue weighted by atomic mass is 15.1. The topological polar surface area (TPSA) is 28.0 Å². The molecule has 0 aliphatic heterocycles. The SMILES string of the molecule is CCN(CC)CC(C)N=C=NC1CCCCC1. The number of hydrogen-bond acceptors (Lipinski definition) is 3. The molecule has 1 atom stereocenters. The number of likely N-dealkylation sites (N-methyl/N-ethyl adjacent to an activating group) is 1. The second kappa shape index (κ2) is 8.43. The standard InChI is InChI=1S/C14H27N3/c1-4-17(5-2)11-13(3)15-12-16-14-9-7-6-8-10-14/h13-14H,4-11H2,1-3H3. The maximum Gasteiger partial charge on any atom is 0.0898 e. The maximum atomic E-state index is 4.45. The van der Waals surface area contributed by atoms with Gasteiger partial charge < -0.3 is 4.90 Å². The lowest BCUT2D eigenvalue weighted by molar-refractivity contribution is 0.290. The minimum Gasteiger partial charge on any atom is -0.302 e. The van der Waals surface area contributed by atoms with Crippen molar-refractivity contribution >= 4 is 6.01 Å². The fourth-order valence-electron chi connectivity index (χ4n) is 2.32. The molecule has 3 heteroatoms. The Morgan fingerprint density at radius 1 is 1.18 bits per heavy atom. The van der Waals surface area contributed by atoms with E-state index in [9.17, 15) is 0 Å². The summed E-state index contributed by atoms with van der Waals surface area (Å²) in [5, 5.41) is 0. The molecule has 1 rings (SSSR count). The molecule has 0 heterocycles. The van der Waals surface area contributed by atoms with Crippen LogP contribution in [0.3, 0.4) is 0 Å². The highest BCUT2D eigenvalue weighted by Gasteiger charge is 2.10. The molecule has 1 aliphatic rings. The summed E-state index contributed by atoms with van der Waals surface area (Å²) in [6.45, 7) is 9.72. The van der Waals surface area contributed by atoms with Gasteiger partial charge in [-0.15, -0.1) is 0 Å². The van der Waals surface area contributed by atoms with Gasteiger partial charge in [-0.25, -0.2) is 9.98 Å². The summed E-state index contributed by atoms with van der Waals surface area (Å²) in [5.41, 5.74) is 0. The van der Waals surface area contributed by atoms with Crippen molar-refractivity contribution in [1.29, 1.82) is 0 Å². The Kier molecular flexibility index (Phi) is 7.14. The Labute approximate surface area is 106 Å². The van der Waals surface area contributed by atoms with Crippen molar-refractivity contribution in [3.8, 4) is 0 Å². The van der Waals surface area contributed by atoms with E-state index in [1.165, 1.54) is 32.1 Å². The number of aliphatic imine (C=N–C) groups is 2. The Bertz CT molecular complexity index is 246. The van der Waals surface area contributed by atoms with Crippen LogP contribution in [0.15, 0.2) is 9.98 Å². The van der Waals surface area contributed by atoms with E-state index in [-0.39, 0.29) is 0 Å². The van der Waals surface area contributed by atoms with Gasteiger partial charge in [-0.1, -0.05) is 33.1 Å². The van der Waals surface area contributed by atoms with E-state index in [2.05, 4.69) is 41.7 Å². The van der Waals surface area contributed by atoms with Crippen LogP contribution in [0.2, 0.25) is 0 Å². The van der Waals surface area contributed by atoms with Gasteiger partial charge in [0.1, 0.15) is 0 Å². The average molecular weight is 237 g/mol. The zero-order valence-corrected chi connectivity index (χ0v) is 11.7. The van der Waals surface area contributed by atoms with Crippen molar-refractivity contribution in [3.05, 3.63) is 0 Å². The third kappa shape index (κ3) is 5.99. The smallest absolute Gasteiger partial charge is 0.0898 e. The van der Waals surface area contributed by atoms with Gasteiger partial charge in [-0.05, 0) is 32.9 Å². The molecule has 0 bridgehead atoms. The highest BCUT2D eigenvalue weighted by Crippen LogP contribution is 2.19. The summed E-state index contributed by atoms with van der Waals surface area (Å²) < 4.78 is 0. The Morgan fingerprint density at radius 3 is 2.41 bits per heavy atom. The molecule has 17 heavy (non-hydrogen) atoms. The van der Waals surface area contributed by atoms with Gasteiger partial charge in [0.25, 0.3) is 0 Å². The second-order valence-electron chi connectivity index (χ2n) is 4.98. The molecule has 0 aromatic carbocycles. The predicted octanol–water partition coefficient (Wildman–Crippen LogP) is 3.22. The van der Waals surface area contributed by atoms with E-state index < -0.39 is 0 Å². The van der Waals surface area contributed by atoms with E-state index in [0.717, 1.165) is 19.6 Å². The predicted molar refractivity (Wildman–Crippen MR) is 74.0 cm³/mol. The van der Waals surface area contributed by atoms with Gasteiger partial charge >= 0.3 is 0 Å². The summed E-state index contributed by atoms with van der Waals surface area (Å²) in [4.78, 5) is 11.2. The van der Waals surface area contributed by atoms with Crippen LogP contribution < -0.4 is 0 Å². The van der Waals surface area contributed by atoms with E-state index in [4.69, 9.17) is 0 Å². The van der Waals surface area contributed by atoms with Crippen LogP contribution in [0, 0.1) is 0 Å². The van der Waals surface area contributed by atoms with Crippen LogP contribution in [0.4, 0.5) is 0 Å². The van der Waals surface area contributed by atoms with Crippen molar-refractivity contribution in [3.63, 3.8) is 0 Å². The molecule has 0 saturated heterocycles. The van der Waals surface area contributed by atoms with Gasteiger partial charge in [0.15, 0.2) is 0 Å². The third-order valence-corrected chi connectivity index (χ3v) is 3.51. The van der Waals surface area contributed by atoms with E-state index in [1.807, 2.05) is 0 Å². The van der Waals surface area contributed by atoms with Crippen LogP contribution in [0.25, 0.3) is 0 Å². The zero-order valence-electron chi connectivity index (χ0n) is 11.7. The van der Waals surface area contributed by atoms with Crippen LogP contribution in [-0.2, 0) is 0 Å². The van der Waals surface area contributed by atoms with Gasteiger partial charge in [0, 0.05) is 6.54 Å². The molecular formula is C14H27N3. The van der Waals surface area contributed by atoms with Crippen molar-refractivity contribution in [2.75, 3.05) is 19.6 Å². The summed E-state index contributed by atoms with van der Waals surface area (Å²) in [5.74, 6) is 0. The first kappa shape index (κ1) is 14.4. The Balaban J connectivity index is 2.32. The largest absolute Gasteiger partial charge is 0.302 e. The fraction of sp³-hybridized carbons (Fsp3) is 0.929. The summed E-state index contributed by atoms with van der Waals surface area (Å²) in [6, 6.07) is 3.73. The van der Waals surface area contributed by atoms with Crippen LogP contribution in [0.5, 0.6) is 0 Å². The molecule has 1 aliphatic carbocycles. The number of hydrogen-bond donors (Lipinski definition) is 0. The average Bonchev–Trinajstić information content (AvgIpc) is 2.37. The van der Waals surface area contributed by atoms with Crippen molar-refractivity contribution in [2.45, 2.75) is 65.0 Å². The first-order valence-corrected chi connectivity index (χ1v) is 7.13.